The first-order valence-electron chi connectivity index (χ1n) is 5.66. The van der Waals surface area contributed by atoms with Crippen molar-refractivity contribution in [2.45, 2.75) is 19.8 Å². The summed E-state index contributed by atoms with van der Waals surface area (Å²) in [5, 5.41) is 16.9. The highest BCUT2D eigenvalue weighted by atomic mass is 16.5. The van der Waals surface area contributed by atoms with Crippen LogP contribution in [0.1, 0.15) is 24.7 Å². The van der Waals surface area contributed by atoms with Crippen molar-refractivity contribution >= 4 is 5.65 Å². The molecule has 5 nitrogen and oxygen atoms in total. The molecule has 0 spiro atoms. The van der Waals surface area contributed by atoms with Gasteiger partial charge < -0.3 is 4.74 Å². The quantitative estimate of drug-likeness (QED) is 0.731. The summed E-state index contributed by atoms with van der Waals surface area (Å²) in [6.07, 6.45) is 3.59. The van der Waals surface area contributed by atoms with Crippen LogP contribution >= 0.6 is 0 Å². The van der Waals surface area contributed by atoms with Gasteiger partial charge in [-0.2, -0.15) is 5.26 Å². The van der Waals surface area contributed by atoms with E-state index in [2.05, 4.69) is 16.3 Å². The van der Waals surface area contributed by atoms with Gasteiger partial charge in [0.15, 0.2) is 5.65 Å². The minimum atomic E-state index is 0.603. The minimum absolute atomic E-state index is 0.603. The topological polar surface area (TPSA) is 63.2 Å². The molecule has 0 aliphatic rings. The summed E-state index contributed by atoms with van der Waals surface area (Å²) < 4.78 is 7.19. The van der Waals surface area contributed by atoms with Gasteiger partial charge in [0, 0.05) is 31.9 Å². The number of nitrogens with zero attached hydrogens (tertiary/aromatic N) is 4. The molecule has 17 heavy (non-hydrogen) atoms. The summed E-state index contributed by atoms with van der Waals surface area (Å²) >= 11 is 0. The van der Waals surface area contributed by atoms with E-state index in [1.54, 1.807) is 12.1 Å². The Morgan fingerprint density at radius 2 is 2.35 bits per heavy atom. The van der Waals surface area contributed by atoms with E-state index >= 15 is 0 Å². The molecule has 2 aromatic heterocycles. The first-order valence-corrected chi connectivity index (χ1v) is 5.66. The largest absolute Gasteiger partial charge is 0.382 e. The zero-order chi connectivity index (χ0) is 12.1. The highest BCUT2D eigenvalue weighted by Gasteiger charge is 2.05. The molecule has 88 valence electrons. The lowest BCUT2D eigenvalue weighted by Gasteiger charge is -2.00. The van der Waals surface area contributed by atoms with Gasteiger partial charge in [0.05, 0.1) is 11.6 Å². The molecule has 0 N–H and O–H groups in total. The Hall–Kier alpha value is -1.93. The van der Waals surface area contributed by atoms with Gasteiger partial charge in [-0.1, -0.05) is 0 Å². The monoisotopic (exact) mass is 230 g/mol. The summed E-state index contributed by atoms with van der Waals surface area (Å²) in [7, 11) is 0. The molecular formula is C12H14N4O. The average molecular weight is 230 g/mol. The highest BCUT2D eigenvalue weighted by Crippen LogP contribution is 2.08. The van der Waals surface area contributed by atoms with Crippen molar-refractivity contribution in [3.8, 4) is 6.07 Å². The Morgan fingerprint density at radius 3 is 3.12 bits per heavy atom. The maximum atomic E-state index is 8.78. The Morgan fingerprint density at radius 1 is 1.47 bits per heavy atom. The number of rotatable bonds is 5. The molecule has 0 radical (unpaired) electrons. The van der Waals surface area contributed by atoms with Crippen LogP contribution in [-0.2, 0) is 11.2 Å². The molecule has 0 unspecified atom stereocenters. The van der Waals surface area contributed by atoms with Crippen LogP contribution in [0, 0.1) is 11.3 Å². The van der Waals surface area contributed by atoms with E-state index in [1.807, 2.05) is 17.5 Å². The third-order valence-corrected chi connectivity index (χ3v) is 2.50. The van der Waals surface area contributed by atoms with Crippen molar-refractivity contribution in [3.05, 3.63) is 29.7 Å². The average Bonchev–Trinajstić information content (AvgIpc) is 2.77. The van der Waals surface area contributed by atoms with Gasteiger partial charge in [-0.15, -0.1) is 10.2 Å². The van der Waals surface area contributed by atoms with Crippen LogP contribution in [0.2, 0.25) is 0 Å². The molecular weight excluding hydrogens is 216 g/mol. The number of hydrogen-bond donors (Lipinski definition) is 0. The van der Waals surface area contributed by atoms with Crippen molar-refractivity contribution in [2.24, 2.45) is 0 Å². The van der Waals surface area contributed by atoms with Gasteiger partial charge in [0.2, 0.25) is 0 Å². The smallest absolute Gasteiger partial charge is 0.162 e. The van der Waals surface area contributed by atoms with Gasteiger partial charge >= 0.3 is 0 Å². The van der Waals surface area contributed by atoms with E-state index in [0.717, 1.165) is 37.5 Å². The number of hydrogen-bond acceptors (Lipinski definition) is 4. The molecule has 0 amide bonds. The number of aryl methyl sites for hydroxylation is 1. The Labute approximate surface area is 99.7 Å². The number of pyridine rings is 1. The highest BCUT2D eigenvalue weighted by molar-refractivity contribution is 5.45. The van der Waals surface area contributed by atoms with Crippen molar-refractivity contribution in [1.82, 2.24) is 14.6 Å². The fourth-order valence-electron chi connectivity index (χ4n) is 1.66. The standard InChI is InChI=1S/C12H14N4O/c1-2-17-7-3-4-11-14-15-12-8-10(9-13)5-6-16(11)12/h5-6,8H,2-4,7H2,1H3. The van der Waals surface area contributed by atoms with E-state index in [1.165, 1.54) is 0 Å². The second kappa shape index (κ2) is 5.41. The molecule has 5 heteroatoms. The molecule has 2 aromatic rings. The summed E-state index contributed by atoms with van der Waals surface area (Å²) in [5.74, 6) is 0.907. The lowest BCUT2D eigenvalue weighted by molar-refractivity contribution is 0.145. The SMILES string of the molecule is CCOCCCc1nnc2cc(C#N)ccn12. The molecule has 0 fully saturated rings. The second-order valence-corrected chi connectivity index (χ2v) is 3.67. The van der Waals surface area contributed by atoms with E-state index in [-0.39, 0.29) is 0 Å². The van der Waals surface area contributed by atoms with Crippen LogP contribution in [0.3, 0.4) is 0 Å². The van der Waals surface area contributed by atoms with Crippen LogP contribution in [0.4, 0.5) is 0 Å². The van der Waals surface area contributed by atoms with Crippen molar-refractivity contribution in [2.75, 3.05) is 13.2 Å². The molecule has 0 atom stereocenters. The number of fused-ring (bicyclic) bond motifs is 1. The lowest BCUT2D eigenvalue weighted by atomic mass is 10.3. The third-order valence-electron chi connectivity index (χ3n) is 2.50. The Kier molecular flexibility index (Phi) is 3.68. The molecule has 0 aliphatic carbocycles. The summed E-state index contributed by atoms with van der Waals surface area (Å²) in [6.45, 7) is 3.46. The summed E-state index contributed by atoms with van der Waals surface area (Å²) in [6, 6.07) is 5.59. The van der Waals surface area contributed by atoms with E-state index < -0.39 is 0 Å². The van der Waals surface area contributed by atoms with Crippen LogP contribution in [0.5, 0.6) is 0 Å². The first-order chi connectivity index (χ1) is 8.35. The van der Waals surface area contributed by atoms with Crippen molar-refractivity contribution in [1.29, 1.82) is 5.26 Å². The fraction of sp³-hybridized carbons (Fsp3) is 0.417. The number of ether oxygens (including phenoxy) is 1. The van der Waals surface area contributed by atoms with Crippen LogP contribution in [0.15, 0.2) is 18.3 Å². The number of aromatic nitrogens is 3. The zero-order valence-electron chi connectivity index (χ0n) is 9.76. The van der Waals surface area contributed by atoms with Crippen molar-refractivity contribution < 1.29 is 4.74 Å². The predicted molar refractivity (Wildman–Crippen MR) is 62.5 cm³/mol. The van der Waals surface area contributed by atoms with E-state index in [9.17, 15) is 0 Å². The summed E-state index contributed by atoms with van der Waals surface area (Å²) in [5.41, 5.74) is 1.32. The zero-order valence-corrected chi connectivity index (χ0v) is 9.76. The van der Waals surface area contributed by atoms with Gasteiger partial charge in [-0.25, -0.2) is 0 Å². The van der Waals surface area contributed by atoms with Crippen LogP contribution in [-0.4, -0.2) is 27.8 Å². The first kappa shape index (κ1) is 11.6. The van der Waals surface area contributed by atoms with Gasteiger partial charge in [-0.3, -0.25) is 4.40 Å². The van der Waals surface area contributed by atoms with Gasteiger partial charge in [0.1, 0.15) is 5.82 Å². The molecule has 0 aromatic carbocycles. The van der Waals surface area contributed by atoms with Crippen molar-refractivity contribution in [3.63, 3.8) is 0 Å². The Bertz CT molecular complexity index is 541. The van der Waals surface area contributed by atoms with Gasteiger partial charge in [-0.05, 0) is 19.4 Å². The molecule has 0 bridgehead atoms. The Balaban J connectivity index is 2.11. The maximum Gasteiger partial charge on any atom is 0.162 e. The predicted octanol–water partition coefficient (Wildman–Crippen LogP) is 1.57. The normalized spacial score (nSPS) is 10.6. The minimum Gasteiger partial charge on any atom is -0.382 e. The molecule has 2 rings (SSSR count). The van der Waals surface area contributed by atoms with Crippen LogP contribution < -0.4 is 0 Å². The molecule has 0 saturated carbocycles. The third kappa shape index (κ3) is 2.60. The number of nitriles is 1. The summed E-state index contributed by atoms with van der Waals surface area (Å²) in [4.78, 5) is 0. The van der Waals surface area contributed by atoms with Crippen LogP contribution in [0.25, 0.3) is 5.65 Å². The van der Waals surface area contributed by atoms with E-state index in [4.69, 9.17) is 10.00 Å². The molecule has 0 saturated heterocycles. The maximum absolute atomic E-state index is 8.78. The molecule has 0 aliphatic heterocycles. The lowest BCUT2D eigenvalue weighted by Crippen LogP contribution is -2.00. The second-order valence-electron chi connectivity index (χ2n) is 3.67. The van der Waals surface area contributed by atoms with Gasteiger partial charge in [0.25, 0.3) is 0 Å². The molecule has 2 heterocycles. The fourth-order valence-corrected chi connectivity index (χ4v) is 1.66. The van der Waals surface area contributed by atoms with E-state index in [0.29, 0.717) is 5.56 Å².